The van der Waals surface area contributed by atoms with Crippen LogP contribution in [0.3, 0.4) is 0 Å². The quantitative estimate of drug-likeness (QED) is 0.296. The van der Waals surface area contributed by atoms with E-state index in [-0.39, 0.29) is 30.1 Å². The van der Waals surface area contributed by atoms with Crippen LogP contribution in [0.2, 0.25) is 0 Å². The van der Waals surface area contributed by atoms with Gasteiger partial charge in [-0.1, -0.05) is 19.0 Å². The van der Waals surface area contributed by atoms with Crippen molar-refractivity contribution < 1.29 is 14.1 Å². The first-order chi connectivity index (χ1) is 14.3. The van der Waals surface area contributed by atoms with E-state index >= 15 is 0 Å². The van der Waals surface area contributed by atoms with E-state index < -0.39 is 5.60 Å². The first-order valence-electron chi connectivity index (χ1n) is 11.1. The van der Waals surface area contributed by atoms with Crippen LogP contribution in [0.25, 0.3) is 0 Å². The fourth-order valence-corrected chi connectivity index (χ4v) is 3.59. The molecule has 0 saturated carbocycles. The summed E-state index contributed by atoms with van der Waals surface area (Å²) in [6.07, 6.45) is 3.80. The van der Waals surface area contributed by atoms with Gasteiger partial charge in [0.2, 0.25) is 0 Å². The zero-order chi connectivity index (χ0) is 22.1. The summed E-state index contributed by atoms with van der Waals surface area (Å²) in [5.41, 5.74) is 0.572. The molecule has 1 aromatic rings. The van der Waals surface area contributed by atoms with Crippen LogP contribution in [-0.4, -0.2) is 54.4 Å². The number of piperidine rings is 1. The molecule has 0 atom stereocenters. The van der Waals surface area contributed by atoms with Crippen LogP contribution < -0.4 is 10.6 Å². The Hall–Kier alpha value is -1.52. The fraction of sp³-hybridized carbons (Fsp3) is 0.773. The largest absolute Gasteiger partial charge is 0.444 e. The Labute approximate surface area is 203 Å². The number of rotatable bonds is 7. The Bertz CT molecular complexity index is 690. The van der Waals surface area contributed by atoms with Gasteiger partial charge in [-0.05, 0) is 52.4 Å². The van der Waals surface area contributed by atoms with Gasteiger partial charge in [-0.2, -0.15) is 0 Å². The van der Waals surface area contributed by atoms with Crippen molar-refractivity contribution in [1.82, 2.24) is 20.7 Å². The molecule has 0 spiro atoms. The maximum Gasteiger partial charge on any atom is 0.410 e. The number of aliphatic imine (C=N–C) groups is 1. The Morgan fingerprint density at radius 2 is 1.94 bits per heavy atom. The number of likely N-dealkylation sites (tertiary alicyclic amines) is 1. The summed E-state index contributed by atoms with van der Waals surface area (Å²) in [5.74, 6) is 2.50. The second-order valence-electron chi connectivity index (χ2n) is 8.95. The number of hydrogen-bond donors (Lipinski definition) is 2. The molecule has 1 amide bonds. The van der Waals surface area contributed by atoms with Crippen molar-refractivity contribution >= 4 is 36.0 Å². The van der Waals surface area contributed by atoms with Gasteiger partial charge in [0, 0.05) is 38.7 Å². The molecule has 178 valence electrons. The molecule has 2 rings (SSSR count). The Morgan fingerprint density at radius 3 is 2.48 bits per heavy atom. The predicted molar refractivity (Wildman–Crippen MR) is 134 cm³/mol. The van der Waals surface area contributed by atoms with Crippen LogP contribution in [0.5, 0.6) is 0 Å². The minimum atomic E-state index is -0.452. The van der Waals surface area contributed by atoms with E-state index in [0.29, 0.717) is 18.4 Å². The first-order valence-corrected chi connectivity index (χ1v) is 11.1. The number of carbonyl (C=O) groups is 1. The summed E-state index contributed by atoms with van der Waals surface area (Å²) in [7, 11) is 1.76. The number of ether oxygens (including phenoxy) is 1. The van der Waals surface area contributed by atoms with Crippen LogP contribution in [-0.2, 0) is 11.3 Å². The third-order valence-electron chi connectivity index (χ3n) is 5.46. The third-order valence-corrected chi connectivity index (χ3v) is 5.46. The summed E-state index contributed by atoms with van der Waals surface area (Å²) >= 11 is 0. The highest BCUT2D eigenvalue weighted by Gasteiger charge is 2.26. The Balaban J connectivity index is 0.00000480. The van der Waals surface area contributed by atoms with Crippen molar-refractivity contribution in [3.05, 3.63) is 17.5 Å². The number of carbonyl (C=O) groups excluding carboxylic acids is 1. The molecule has 31 heavy (non-hydrogen) atoms. The number of guanidine groups is 1. The standard InChI is InChI=1S/C22H39N5O3.HI/c1-7-17(8-2)19-13-18(30-26-19)15-25-20(23-6)24-14-16-9-11-27(12-10-16)21(28)29-22(3,4)5;/h13,16-17H,7-12,14-15H2,1-6H3,(H2,23,24,25);1H. The minimum absolute atomic E-state index is 0. The van der Waals surface area contributed by atoms with Crippen LogP contribution in [0, 0.1) is 5.92 Å². The summed E-state index contributed by atoms with van der Waals surface area (Å²) in [6, 6.07) is 2.03. The number of hydrogen-bond acceptors (Lipinski definition) is 5. The lowest BCUT2D eigenvalue weighted by Gasteiger charge is -2.33. The monoisotopic (exact) mass is 549 g/mol. The van der Waals surface area contributed by atoms with Crippen molar-refractivity contribution in [1.29, 1.82) is 0 Å². The molecule has 2 heterocycles. The van der Waals surface area contributed by atoms with Crippen LogP contribution in [0.4, 0.5) is 4.79 Å². The molecule has 1 fully saturated rings. The van der Waals surface area contributed by atoms with Gasteiger partial charge in [-0.15, -0.1) is 24.0 Å². The van der Waals surface area contributed by atoms with Crippen molar-refractivity contribution in [3.8, 4) is 0 Å². The molecule has 0 bridgehead atoms. The lowest BCUT2D eigenvalue weighted by Crippen LogP contribution is -2.45. The van der Waals surface area contributed by atoms with Gasteiger partial charge in [-0.3, -0.25) is 4.99 Å². The van der Waals surface area contributed by atoms with Gasteiger partial charge in [0.15, 0.2) is 11.7 Å². The number of nitrogens with one attached hydrogen (secondary N) is 2. The number of nitrogens with zero attached hydrogens (tertiary/aromatic N) is 3. The molecule has 1 aromatic heterocycles. The summed E-state index contributed by atoms with van der Waals surface area (Å²) < 4.78 is 10.9. The summed E-state index contributed by atoms with van der Waals surface area (Å²) in [5, 5.41) is 10.9. The highest BCUT2D eigenvalue weighted by Crippen LogP contribution is 2.22. The van der Waals surface area contributed by atoms with Crippen LogP contribution in [0.15, 0.2) is 15.6 Å². The predicted octanol–water partition coefficient (Wildman–Crippen LogP) is 4.51. The SMILES string of the molecule is CCC(CC)c1cc(CNC(=NC)NCC2CCN(C(=O)OC(C)(C)C)CC2)on1.I. The maximum absolute atomic E-state index is 12.2. The zero-order valence-electron chi connectivity index (χ0n) is 19.9. The molecule has 2 N–H and O–H groups in total. The molecule has 0 aromatic carbocycles. The molecule has 0 aliphatic carbocycles. The molecule has 0 radical (unpaired) electrons. The molecule has 1 aliphatic rings. The smallest absolute Gasteiger partial charge is 0.410 e. The lowest BCUT2D eigenvalue weighted by molar-refractivity contribution is 0.0185. The summed E-state index contributed by atoms with van der Waals surface area (Å²) in [6.45, 7) is 12.8. The topological polar surface area (TPSA) is 92.0 Å². The van der Waals surface area contributed by atoms with E-state index in [1.54, 1.807) is 11.9 Å². The highest BCUT2D eigenvalue weighted by molar-refractivity contribution is 14.0. The second-order valence-corrected chi connectivity index (χ2v) is 8.95. The van der Waals surface area contributed by atoms with Crippen molar-refractivity contribution in [2.75, 3.05) is 26.7 Å². The summed E-state index contributed by atoms with van der Waals surface area (Å²) in [4.78, 5) is 18.3. The van der Waals surface area contributed by atoms with Gasteiger partial charge in [0.25, 0.3) is 0 Å². The van der Waals surface area contributed by atoms with E-state index in [2.05, 4.69) is 34.6 Å². The van der Waals surface area contributed by atoms with E-state index in [1.807, 2.05) is 26.8 Å². The van der Waals surface area contributed by atoms with Crippen molar-refractivity contribution in [3.63, 3.8) is 0 Å². The zero-order valence-corrected chi connectivity index (χ0v) is 22.2. The van der Waals surface area contributed by atoms with Crippen molar-refractivity contribution in [2.45, 2.75) is 78.4 Å². The molecule has 1 aliphatic heterocycles. The molecular formula is C22H40IN5O3. The van der Waals surface area contributed by atoms with Crippen LogP contribution in [0.1, 0.15) is 77.7 Å². The average Bonchev–Trinajstić information content (AvgIpc) is 3.17. The maximum atomic E-state index is 12.2. The van der Waals surface area contributed by atoms with Gasteiger partial charge in [-0.25, -0.2) is 4.79 Å². The van der Waals surface area contributed by atoms with E-state index in [1.165, 1.54) is 0 Å². The van der Waals surface area contributed by atoms with Gasteiger partial charge in [0.1, 0.15) is 5.60 Å². The number of halogens is 1. The molecular weight excluding hydrogens is 509 g/mol. The first kappa shape index (κ1) is 27.5. The number of amides is 1. The molecule has 1 saturated heterocycles. The van der Waals surface area contributed by atoms with Gasteiger partial charge < -0.3 is 24.8 Å². The lowest BCUT2D eigenvalue weighted by atomic mass is 9.97. The van der Waals surface area contributed by atoms with Gasteiger partial charge >= 0.3 is 6.09 Å². The fourth-order valence-electron chi connectivity index (χ4n) is 3.59. The molecule has 8 nitrogen and oxygen atoms in total. The third kappa shape index (κ3) is 9.24. The minimum Gasteiger partial charge on any atom is -0.444 e. The molecule has 0 unspecified atom stereocenters. The van der Waals surface area contributed by atoms with E-state index in [4.69, 9.17) is 9.26 Å². The number of aromatic nitrogens is 1. The van der Waals surface area contributed by atoms with Crippen LogP contribution >= 0.6 is 24.0 Å². The Kier molecular flexibility index (Phi) is 11.6. The second kappa shape index (κ2) is 13.1. The average molecular weight is 549 g/mol. The van der Waals surface area contributed by atoms with Crippen molar-refractivity contribution in [2.24, 2.45) is 10.9 Å². The highest BCUT2D eigenvalue weighted by atomic mass is 127. The molecule has 9 heteroatoms. The van der Waals surface area contributed by atoms with E-state index in [9.17, 15) is 4.79 Å². The normalized spacial score (nSPS) is 15.6. The Morgan fingerprint density at radius 1 is 1.29 bits per heavy atom. The van der Waals surface area contributed by atoms with E-state index in [0.717, 1.165) is 62.7 Å². The van der Waals surface area contributed by atoms with Gasteiger partial charge in [0.05, 0.1) is 12.2 Å².